The molecule has 4 nitrogen and oxygen atoms in total. The maximum Gasteiger partial charge on any atom is 0.179 e. The summed E-state index contributed by atoms with van der Waals surface area (Å²) in [6.07, 6.45) is 0. The van der Waals surface area contributed by atoms with Crippen molar-refractivity contribution in [1.29, 1.82) is 0 Å². The van der Waals surface area contributed by atoms with Gasteiger partial charge in [0.25, 0.3) is 0 Å². The highest BCUT2D eigenvalue weighted by molar-refractivity contribution is 6.33. The van der Waals surface area contributed by atoms with Crippen LogP contribution in [0.4, 0.5) is 5.69 Å². The Morgan fingerprint density at radius 1 is 1.05 bits per heavy atom. The molecule has 2 aromatic rings. The molecule has 0 aliphatic rings. The van der Waals surface area contributed by atoms with E-state index in [1.54, 1.807) is 14.2 Å². The molecule has 2 aromatic carbocycles. The van der Waals surface area contributed by atoms with E-state index < -0.39 is 0 Å². The van der Waals surface area contributed by atoms with E-state index in [9.17, 15) is 0 Å². The number of ether oxygens (including phenoxy) is 2. The Labute approximate surface area is 129 Å². The monoisotopic (exact) mass is 307 g/mol. The molecule has 0 amide bonds. The summed E-state index contributed by atoms with van der Waals surface area (Å²) in [6.45, 7) is 0.611. The lowest BCUT2D eigenvalue weighted by Gasteiger charge is -2.14. The van der Waals surface area contributed by atoms with Crippen LogP contribution in [0, 0.1) is 0 Å². The van der Waals surface area contributed by atoms with Gasteiger partial charge in [0.05, 0.1) is 25.8 Å². The van der Waals surface area contributed by atoms with Crippen molar-refractivity contribution in [3.63, 3.8) is 0 Å². The first-order valence-corrected chi connectivity index (χ1v) is 6.90. The summed E-state index contributed by atoms with van der Waals surface area (Å²) < 4.78 is 10.5. The molecule has 2 rings (SSSR count). The molecule has 0 unspecified atom stereocenters. The second-order valence-electron chi connectivity index (χ2n) is 4.48. The Hall–Kier alpha value is -1.91. The normalized spacial score (nSPS) is 10.3. The van der Waals surface area contributed by atoms with Crippen LogP contribution in [-0.4, -0.2) is 19.3 Å². The van der Waals surface area contributed by atoms with Gasteiger partial charge in [0.15, 0.2) is 11.5 Å². The van der Waals surface area contributed by atoms with Gasteiger partial charge in [-0.05, 0) is 29.3 Å². The van der Waals surface area contributed by atoms with Crippen LogP contribution in [0.15, 0.2) is 36.4 Å². The Kier molecular flexibility index (Phi) is 5.31. The van der Waals surface area contributed by atoms with E-state index in [2.05, 4.69) is 5.32 Å². The first-order valence-electron chi connectivity index (χ1n) is 6.52. The zero-order valence-corrected chi connectivity index (χ0v) is 12.8. The van der Waals surface area contributed by atoms with E-state index in [1.807, 2.05) is 36.4 Å². The van der Waals surface area contributed by atoms with Crippen molar-refractivity contribution in [3.8, 4) is 11.5 Å². The van der Waals surface area contributed by atoms with Crippen LogP contribution in [0.1, 0.15) is 11.1 Å². The SMILES string of the molecule is COc1ccc(CNc2ccc(CO)cc2)c(Cl)c1OC. The summed E-state index contributed by atoms with van der Waals surface area (Å²) in [5.74, 6) is 1.15. The zero-order valence-electron chi connectivity index (χ0n) is 12.0. The van der Waals surface area contributed by atoms with E-state index in [4.69, 9.17) is 26.2 Å². The minimum absolute atomic E-state index is 0.0434. The van der Waals surface area contributed by atoms with Crippen LogP contribution in [-0.2, 0) is 13.2 Å². The minimum atomic E-state index is 0.0434. The van der Waals surface area contributed by atoms with Crippen LogP contribution in [0.3, 0.4) is 0 Å². The van der Waals surface area contributed by atoms with Crippen molar-refractivity contribution >= 4 is 17.3 Å². The molecule has 0 radical (unpaired) electrons. The maximum atomic E-state index is 9.02. The van der Waals surface area contributed by atoms with Gasteiger partial charge in [0, 0.05) is 12.2 Å². The first kappa shape index (κ1) is 15.5. The summed E-state index contributed by atoms with van der Waals surface area (Å²) in [4.78, 5) is 0. The molecule has 0 heterocycles. The van der Waals surface area contributed by atoms with Gasteiger partial charge in [-0.15, -0.1) is 0 Å². The number of anilines is 1. The highest BCUT2D eigenvalue weighted by Gasteiger charge is 2.12. The average molecular weight is 308 g/mol. The van der Waals surface area contributed by atoms with Crippen molar-refractivity contribution in [2.24, 2.45) is 0 Å². The van der Waals surface area contributed by atoms with Gasteiger partial charge in [-0.25, -0.2) is 0 Å². The van der Waals surface area contributed by atoms with E-state index in [1.165, 1.54) is 0 Å². The topological polar surface area (TPSA) is 50.7 Å². The molecule has 0 bridgehead atoms. The molecule has 0 saturated carbocycles. The second kappa shape index (κ2) is 7.20. The number of methoxy groups -OCH3 is 2. The van der Waals surface area contributed by atoms with E-state index in [-0.39, 0.29) is 6.61 Å². The van der Waals surface area contributed by atoms with Gasteiger partial charge in [-0.3, -0.25) is 0 Å². The molecule has 0 aliphatic carbocycles. The summed E-state index contributed by atoms with van der Waals surface area (Å²) in [5.41, 5.74) is 2.75. The largest absolute Gasteiger partial charge is 0.493 e. The van der Waals surface area contributed by atoms with Gasteiger partial charge < -0.3 is 19.9 Å². The molecule has 21 heavy (non-hydrogen) atoms. The number of benzene rings is 2. The molecule has 112 valence electrons. The lowest BCUT2D eigenvalue weighted by atomic mass is 10.1. The smallest absolute Gasteiger partial charge is 0.179 e. The first-order chi connectivity index (χ1) is 10.2. The number of aliphatic hydroxyl groups is 1. The fourth-order valence-corrected chi connectivity index (χ4v) is 2.29. The predicted octanol–water partition coefficient (Wildman–Crippen LogP) is 3.46. The molecule has 0 spiro atoms. The van der Waals surface area contributed by atoms with Gasteiger partial charge in [-0.2, -0.15) is 0 Å². The summed E-state index contributed by atoms with van der Waals surface area (Å²) in [6, 6.07) is 11.3. The second-order valence-corrected chi connectivity index (χ2v) is 4.86. The van der Waals surface area contributed by atoms with Crippen LogP contribution in [0.5, 0.6) is 11.5 Å². The van der Waals surface area contributed by atoms with Gasteiger partial charge in [-0.1, -0.05) is 29.8 Å². The fraction of sp³-hybridized carbons (Fsp3) is 0.250. The van der Waals surface area contributed by atoms with Crippen molar-refractivity contribution in [1.82, 2.24) is 0 Å². The zero-order chi connectivity index (χ0) is 15.2. The van der Waals surface area contributed by atoms with Crippen molar-refractivity contribution in [3.05, 3.63) is 52.5 Å². The third-order valence-electron chi connectivity index (χ3n) is 3.18. The molecule has 0 fully saturated rings. The van der Waals surface area contributed by atoms with Crippen molar-refractivity contribution < 1.29 is 14.6 Å². The summed E-state index contributed by atoms with van der Waals surface area (Å²) in [7, 11) is 3.14. The van der Waals surface area contributed by atoms with E-state index >= 15 is 0 Å². The lowest BCUT2D eigenvalue weighted by molar-refractivity contribution is 0.282. The van der Waals surface area contributed by atoms with Crippen LogP contribution < -0.4 is 14.8 Å². The predicted molar refractivity (Wildman–Crippen MR) is 84.2 cm³/mol. The molecule has 0 atom stereocenters. The fourth-order valence-electron chi connectivity index (χ4n) is 1.99. The molecule has 5 heteroatoms. The number of hydrogen-bond acceptors (Lipinski definition) is 4. The number of rotatable bonds is 6. The highest BCUT2D eigenvalue weighted by atomic mass is 35.5. The Bertz CT molecular complexity index is 599. The standard InChI is InChI=1S/C16H18ClNO3/c1-20-14-8-5-12(15(17)16(14)21-2)9-18-13-6-3-11(10-19)4-7-13/h3-8,18-19H,9-10H2,1-2H3. The maximum absolute atomic E-state index is 9.02. The molecule has 0 saturated heterocycles. The number of nitrogens with one attached hydrogen (secondary N) is 1. The molecule has 2 N–H and O–H groups in total. The average Bonchev–Trinajstić information content (AvgIpc) is 2.53. The number of halogens is 1. The van der Waals surface area contributed by atoms with Crippen LogP contribution in [0.25, 0.3) is 0 Å². The minimum Gasteiger partial charge on any atom is -0.493 e. The highest BCUT2D eigenvalue weighted by Crippen LogP contribution is 2.37. The Balaban J connectivity index is 2.12. The number of hydrogen-bond donors (Lipinski definition) is 2. The Morgan fingerprint density at radius 2 is 1.76 bits per heavy atom. The van der Waals surface area contributed by atoms with Gasteiger partial charge in [0.2, 0.25) is 0 Å². The molecule has 0 aliphatic heterocycles. The van der Waals surface area contributed by atoms with Crippen molar-refractivity contribution in [2.75, 3.05) is 19.5 Å². The quantitative estimate of drug-likeness (QED) is 0.858. The third kappa shape index (κ3) is 3.60. The molecule has 0 aromatic heterocycles. The lowest BCUT2D eigenvalue weighted by Crippen LogP contribution is -2.02. The van der Waals surface area contributed by atoms with Gasteiger partial charge in [0.1, 0.15) is 0 Å². The molecular weight excluding hydrogens is 290 g/mol. The summed E-state index contributed by atoms with van der Waals surface area (Å²) in [5, 5.41) is 12.8. The van der Waals surface area contributed by atoms with Crippen LogP contribution >= 0.6 is 11.6 Å². The van der Waals surface area contributed by atoms with Gasteiger partial charge >= 0.3 is 0 Å². The summed E-state index contributed by atoms with van der Waals surface area (Å²) >= 11 is 6.33. The number of aliphatic hydroxyl groups excluding tert-OH is 1. The van der Waals surface area contributed by atoms with Crippen LogP contribution in [0.2, 0.25) is 5.02 Å². The van der Waals surface area contributed by atoms with E-state index in [0.29, 0.717) is 23.1 Å². The van der Waals surface area contributed by atoms with E-state index in [0.717, 1.165) is 16.8 Å². The molecular formula is C16H18ClNO3. The van der Waals surface area contributed by atoms with Crippen molar-refractivity contribution in [2.45, 2.75) is 13.2 Å². The third-order valence-corrected chi connectivity index (χ3v) is 3.60. The Morgan fingerprint density at radius 3 is 2.33 bits per heavy atom.